The Hall–Kier alpha value is -0.0400. The molecule has 1 rings (SSSR count). The lowest BCUT2D eigenvalue weighted by Crippen LogP contribution is -2.07. The van der Waals surface area contributed by atoms with Crippen molar-refractivity contribution in [2.75, 3.05) is 19.8 Å². The summed E-state index contributed by atoms with van der Waals surface area (Å²) in [6, 6.07) is 0. The Morgan fingerprint density at radius 1 is 1.29 bits per heavy atom. The molecule has 1 heterocycles. The highest BCUT2D eigenvalue weighted by Crippen LogP contribution is 2.10. The van der Waals surface area contributed by atoms with Gasteiger partial charge in [0.25, 0.3) is 0 Å². The van der Waals surface area contributed by atoms with Gasteiger partial charge in [0.1, 0.15) is 19.8 Å². The van der Waals surface area contributed by atoms with Crippen LogP contribution >= 0.6 is 0 Å². The molecule has 0 aromatic heterocycles. The monoisotopic (exact) mass is 101 g/mol. The van der Waals surface area contributed by atoms with Crippen molar-refractivity contribution in [3.8, 4) is 0 Å². The van der Waals surface area contributed by atoms with Crippen molar-refractivity contribution < 1.29 is 4.37 Å². The van der Waals surface area contributed by atoms with Crippen LogP contribution in [0.15, 0.2) is 0 Å². The number of hydrogen-bond donors (Lipinski definition) is 0. The Morgan fingerprint density at radius 2 is 1.86 bits per heavy atom. The van der Waals surface area contributed by atoms with E-state index in [1.165, 1.54) is 32.7 Å². The Kier molecular flexibility index (Phi) is 1.69. The third-order valence-electron chi connectivity index (χ3n) is 1.52. The van der Waals surface area contributed by atoms with Crippen molar-refractivity contribution in [3.63, 3.8) is 0 Å². The molecule has 0 aliphatic carbocycles. The Morgan fingerprint density at radius 3 is 2.14 bits per heavy atom. The van der Waals surface area contributed by atoms with E-state index < -0.39 is 0 Å². The smallest absolute Gasteiger partial charge is 0.146 e. The molecule has 0 unspecified atom stereocenters. The maximum absolute atomic E-state index is 3.18. The molecule has 42 valence electrons. The van der Waals surface area contributed by atoms with Crippen LogP contribution in [0.4, 0.5) is 0 Å². The molecule has 0 radical (unpaired) electrons. The zero-order chi connectivity index (χ0) is 5.11. The molecule has 0 saturated carbocycles. The van der Waals surface area contributed by atoms with Gasteiger partial charge >= 0.3 is 0 Å². The van der Waals surface area contributed by atoms with E-state index >= 15 is 0 Å². The van der Waals surface area contributed by atoms with E-state index in [0.29, 0.717) is 0 Å². The Labute approximate surface area is 45.0 Å². The van der Waals surface area contributed by atoms with Gasteiger partial charge in [0.2, 0.25) is 0 Å². The van der Waals surface area contributed by atoms with Crippen LogP contribution in [0.25, 0.3) is 0 Å². The first-order chi connectivity index (χ1) is 3.43. The summed E-state index contributed by atoms with van der Waals surface area (Å²) in [6.45, 7) is 5.88. The summed E-state index contributed by atoms with van der Waals surface area (Å²) in [5.74, 6) is 0. The second-order valence-corrected chi connectivity index (χ2v) is 2.02. The average molecular weight is 101 g/mol. The first kappa shape index (κ1) is 5.10. The molecule has 7 heavy (non-hydrogen) atoms. The molecule has 0 spiro atoms. The molecule has 1 heteroatoms. The second kappa shape index (κ2) is 2.31. The SMILES string of the molecule is CC[O+]1CCCC1. The zero-order valence-electron chi connectivity index (χ0n) is 4.94. The summed E-state index contributed by atoms with van der Waals surface area (Å²) in [6.07, 6.45) is 2.77. The van der Waals surface area contributed by atoms with Crippen molar-refractivity contribution in [2.24, 2.45) is 0 Å². The second-order valence-electron chi connectivity index (χ2n) is 2.02. The van der Waals surface area contributed by atoms with Crippen LogP contribution in [0.2, 0.25) is 0 Å². The maximum atomic E-state index is 3.18. The van der Waals surface area contributed by atoms with Gasteiger partial charge in [0.15, 0.2) is 0 Å². The maximum Gasteiger partial charge on any atom is 0.146 e. The van der Waals surface area contributed by atoms with Gasteiger partial charge in [-0.05, 0) is 0 Å². The van der Waals surface area contributed by atoms with Crippen LogP contribution in [-0.4, -0.2) is 19.8 Å². The largest absolute Gasteiger partial charge is 0.422 e. The predicted octanol–water partition coefficient (Wildman–Crippen LogP) is 1.35. The summed E-state index contributed by atoms with van der Waals surface area (Å²) < 4.78 is 3.18. The highest BCUT2D eigenvalue weighted by molar-refractivity contribution is 4.51. The van der Waals surface area contributed by atoms with Crippen LogP contribution in [0, 0.1) is 0 Å². The van der Waals surface area contributed by atoms with Crippen molar-refractivity contribution >= 4 is 0 Å². The van der Waals surface area contributed by atoms with Crippen LogP contribution in [0.1, 0.15) is 19.8 Å². The van der Waals surface area contributed by atoms with Crippen LogP contribution in [0.5, 0.6) is 0 Å². The summed E-state index contributed by atoms with van der Waals surface area (Å²) in [5.41, 5.74) is 0. The van der Waals surface area contributed by atoms with Crippen molar-refractivity contribution in [2.45, 2.75) is 19.8 Å². The Bertz CT molecular complexity index is 46.1. The number of hydrogen-bond acceptors (Lipinski definition) is 0. The third kappa shape index (κ3) is 1.16. The topological polar surface area (TPSA) is 2.70 Å². The predicted molar refractivity (Wildman–Crippen MR) is 30.6 cm³/mol. The lowest BCUT2D eigenvalue weighted by Gasteiger charge is -2.06. The summed E-state index contributed by atoms with van der Waals surface area (Å²) >= 11 is 0. The van der Waals surface area contributed by atoms with Gasteiger partial charge in [0, 0.05) is 19.8 Å². The van der Waals surface area contributed by atoms with E-state index in [-0.39, 0.29) is 0 Å². The van der Waals surface area contributed by atoms with Gasteiger partial charge in [-0.25, -0.2) is 0 Å². The highest BCUT2D eigenvalue weighted by atomic mass is 16.7. The fourth-order valence-corrected chi connectivity index (χ4v) is 1.00. The van der Waals surface area contributed by atoms with E-state index in [1.807, 2.05) is 0 Å². The average Bonchev–Trinajstić information content (AvgIpc) is 2.14. The molecule has 0 aromatic carbocycles. The van der Waals surface area contributed by atoms with Gasteiger partial charge in [0.05, 0.1) is 0 Å². The van der Waals surface area contributed by atoms with Crippen LogP contribution < -0.4 is 0 Å². The first-order valence-corrected chi connectivity index (χ1v) is 3.07. The quantitative estimate of drug-likeness (QED) is 0.438. The van der Waals surface area contributed by atoms with E-state index in [0.717, 1.165) is 0 Å². The molecule has 0 atom stereocenters. The van der Waals surface area contributed by atoms with Gasteiger partial charge in [-0.2, -0.15) is 0 Å². The molecular weight excluding hydrogens is 88.1 g/mol. The fourth-order valence-electron chi connectivity index (χ4n) is 1.00. The minimum absolute atomic E-state index is 1.17. The van der Waals surface area contributed by atoms with E-state index in [1.54, 1.807) is 0 Å². The van der Waals surface area contributed by atoms with Gasteiger partial charge in [-0.3, -0.25) is 0 Å². The minimum Gasteiger partial charge on any atom is -0.422 e. The molecule has 1 saturated heterocycles. The van der Waals surface area contributed by atoms with Crippen LogP contribution in [0.3, 0.4) is 0 Å². The van der Waals surface area contributed by atoms with E-state index in [9.17, 15) is 0 Å². The lowest BCUT2D eigenvalue weighted by molar-refractivity contribution is -0.0970. The minimum atomic E-state index is 1.17. The van der Waals surface area contributed by atoms with Gasteiger partial charge in [-0.15, -0.1) is 0 Å². The summed E-state index contributed by atoms with van der Waals surface area (Å²) in [4.78, 5) is 0. The lowest BCUT2D eigenvalue weighted by atomic mass is 10.4. The van der Waals surface area contributed by atoms with E-state index in [4.69, 9.17) is 0 Å². The van der Waals surface area contributed by atoms with Crippen molar-refractivity contribution in [1.82, 2.24) is 0 Å². The third-order valence-corrected chi connectivity index (χ3v) is 1.52. The summed E-state index contributed by atoms with van der Waals surface area (Å²) in [7, 11) is 0. The van der Waals surface area contributed by atoms with Crippen molar-refractivity contribution in [3.05, 3.63) is 0 Å². The standard InChI is InChI=1S/C6H13O/c1-2-7-5-3-4-6-7/h2-6H2,1H3/q+1. The molecule has 1 aliphatic rings. The molecule has 1 aliphatic heterocycles. The molecule has 0 amide bonds. The normalized spacial score (nSPS) is 23.6. The summed E-state index contributed by atoms with van der Waals surface area (Å²) in [5, 5.41) is 0. The molecule has 0 aromatic rings. The highest BCUT2D eigenvalue weighted by Gasteiger charge is 2.12. The van der Waals surface area contributed by atoms with E-state index in [2.05, 4.69) is 11.3 Å². The van der Waals surface area contributed by atoms with Crippen molar-refractivity contribution in [1.29, 1.82) is 0 Å². The van der Waals surface area contributed by atoms with Gasteiger partial charge in [-0.1, -0.05) is 0 Å². The molecule has 1 nitrogen and oxygen atoms in total. The molecule has 1 fully saturated rings. The Balaban J connectivity index is 2.14. The zero-order valence-corrected chi connectivity index (χ0v) is 4.94. The first-order valence-electron chi connectivity index (χ1n) is 3.07. The fraction of sp³-hybridized carbons (Fsp3) is 1.00. The molecular formula is C6H13O+. The van der Waals surface area contributed by atoms with Gasteiger partial charge < -0.3 is 4.37 Å². The molecule has 0 N–H and O–H groups in total. The van der Waals surface area contributed by atoms with Crippen LogP contribution in [-0.2, 0) is 4.37 Å². The number of rotatable bonds is 1. The molecule has 0 bridgehead atoms.